The van der Waals surface area contributed by atoms with Crippen LogP contribution < -0.4 is 0 Å². The number of benzene rings is 2. The van der Waals surface area contributed by atoms with Crippen LogP contribution in [0, 0.1) is 0 Å². The van der Waals surface area contributed by atoms with E-state index in [1.165, 1.54) is 48.5 Å². The van der Waals surface area contributed by atoms with E-state index in [1.54, 1.807) is 12.1 Å². The van der Waals surface area contributed by atoms with Crippen LogP contribution in [0.5, 0.6) is 0 Å². The molecular weight excluding hydrogens is 374 g/mol. The van der Waals surface area contributed by atoms with Gasteiger partial charge in [0.1, 0.15) is 0 Å². The maximum Gasteiger partial charge on any atom is 0.539 e. The van der Waals surface area contributed by atoms with E-state index in [0.29, 0.717) is 0 Å². The van der Waals surface area contributed by atoms with Gasteiger partial charge in [0.2, 0.25) is 0 Å². The summed E-state index contributed by atoms with van der Waals surface area (Å²) in [6, 6.07) is 14.2. The summed E-state index contributed by atoms with van der Waals surface area (Å²) in [7, 11) is -10.6. The molecule has 2 rings (SSSR count). The highest BCUT2D eigenvalue weighted by atomic mass is 31.3. The third-order valence-corrected chi connectivity index (χ3v) is 5.07. The van der Waals surface area contributed by atoms with Crippen LogP contribution in [0.4, 0.5) is 0 Å². The summed E-state index contributed by atoms with van der Waals surface area (Å²) in [5.41, 5.74) is -0.177. The Kier molecular flexibility index (Phi) is 5.89. The molecule has 2 unspecified atom stereocenters. The molecule has 0 heterocycles. The van der Waals surface area contributed by atoms with E-state index in [-0.39, 0.29) is 11.1 Å². The molecule has 2 aromatic carbocycles. The normalized spacial score (nSPS) is 15.4. The van der Waals surface area contributed by atoms with Gasteiger partial charge in [0, 0.05) is 0 Å². The highest BCUT2D eigenvalue weighted by Crippen LogP contribution is 2.60. The number of carbonyl (C=O) groups is 2. The molecule has 0 saturated carbocycles. The number of hydrogen-bond donors (Lipinski definition) is 2. The van der Waals surface area contributed by atoms with E-state index in [1.807, 2.05) is 0 Å². The van der Waals surface area contributed by atoms with E-state index >= 15 is 0 Å². The summed E-state index contributed by atoms with van der Waals surface area (Å²) >= 11 is 0. The molecule has 0 aliphatic carbocycles. The van der Waals surface area contributed by atoms with Crippen LogP contribution >= 0.6 is 15.6 Å². The van der Waals surface area contributed by atoms with Crippen molar-refractivity contribution in [3.05, 3.63) is 71.8 Å². The molecule has 2 aromatic rings. The average molecular weight is 386 g/mol. The molecule has 0 saturated heterocycles. The molecule has 0 aliphatic heterocycles. The Morgan fingerprint density at radius 1 is 0.680 bits per heavy atom. The lowest BCUT2D eigenvalue weighted by Crippen LogP contribution is -2.07. The van der Waals surface area contributed by atoms with Gasteiger partial charge < -0.3 is 9.05 Å². The van der Waals surface area contributed by atoms with Gasteiger partial charge in [-0.2, -0.15) is 4.31 Å². The molecule has 9 nitrogen and oxygen atoms in total. The summed E-state index contributed by atoms with van der Waals surface area (Å²) in [5.74, 6) is -2.53. The SMILES string of the molecule is O=C(OP(=O)(O)OP(=O)(O)OC(=O)c1ccccc1)c1ccccc1. The molecule has 11 heteroatoms. The van der Waals surface area contributed by atoms with Gasteiger partial charge >= 0.3 is 27.6 Å². The van der Waals surface area contributed by atoms with Crippen molar-refractivity contribution >= 4 is 27.6 Å². The van der Waals surface area contributed by atoms with Crippen LogP contribution in [0.2, 0.25) is 0 Å². The van der Waals surface area contributed by atoms with Crippen LogP contribution in [0.1, 0.15) is 20.7 Å². The van der Waals surface area contributed by atoms with Gasteiger partial charge in [0.15, 0.2) is 0 Å². The van der Waals surface area contributed by atoms with Gasteiger partial charge in [-0.3, -0.25) is 9.79 Å². The molecule has 0 bridgehead atoms. The Balaban J connectivity index is 2.03. The fraction of sp³-hybridized carbons (Fsp3) is 0. The molecular formula is C14H12O9P2. The van der Waals surface area contributed by atoms with E-state index in [0.717, 1.165) is 0 Å². The lowest BCUT2D eigenvalue weighted by Gasteiger charge is -2.15. The fourth-order valence-corrected chi connectivity index (χ4v) is 3.57. The van der Waals surface area contributed by atoms with Gasteiger partial charge in [0.25, 0.3) is 0 Å². The largest absolute Gasteiger partial charge is 0.539 e. The summed E-state index contributed by atoms with van der Waals surface area (Å²) in [6.45, 7) is 0. The molecule has 25 heavy (non-hydrogen) atoms. The quantitative estimate of drug-likeness (QED) is 0.718. The third-order valence-electron chi connectivity index (χ3n) is 2.62. The number of rotatable bonds is 6. The average Bonchev–Trinajstić information content (AvgIpc) is 2.54. The molecule has 2 N–H and O–H groups in total. The van der Waals surface area contributed by atoms with E-state index in [2.05, 4.69) is 13.4 Å². The highest BCUT2D eigenvalue weighted by Gasteiger charge is 2.40. The van der Waals surface area contributed by atoms with Crippen LogP contribution in [-0.2, 0) is 22.5 Å². The Morgan fingerprint density at radius 2 is 1.00 bits per heavy atom. The first kappa shape index (κ1) is 19.1. The van der Waals surface area contributed by atoms with Crippen molar-refractivity contribution in [1.29, 1.82) is 0 Å². The minimum atomic E-state index is -5.32. The van der Waals surface area contributed by atoms with Crippen molar-refractivity contribution in [2.24, 2.45) is 0 Å². The smallest absolute Gasteiger partial charge is 0.366 e. The summed E-state index contributed by atoms with van der Waals surface area (Å²) < 4.78 is 35.7. The topological polar surface area (TPSA) is 136 Å². The third kappa shape index (κ3) is 5.94. The summed E-state index contributed by atoms with van der Waals surface area (Å²) in [5, 5.41) is 0. The zero-order valence-corrected chi connectivity index (χ0v) is 14.2. The highest BCUT2D eigenvalue weighted by molar-refractivity contribution is 7.61. The molecule has 0 fully saturated rings. The molecule has 0 aromatic heterocycles. The lowest BCUT2D eigenvalue weighted by atomic mass is 10.2. The second-order valence-electron chi connectivity index (χ2n) is 4.51. The van der Waals surface area contributed by atoms with Crippen molar-refractivity contribution in [2.75, 3.05) is 0 Å². The fourth-order valence-electron chi connectivity index (χ4n) is 1.63. The van der Waals surface area contributed by atoms with Crippen LogP contribution in [-0.4, -0.2) is 21.7 Å². The van der Waals surface area contributed by atoms with Crippen LogP contribution in [0.3, 0.4) is 0 Å². The Hall–Kier alpha value is -2.28. The molecule has 0 radical (unpaired) electrons. The van der Waals surface area contributed by atoms with Crippen molar-refractivity contribution < 1.29 is 41.9 Å². The zero-order valence-electron chi connectivity index (χ0n) is 12.4. The number of phosphoric ester groups is 2. The summed E-state index contributed by atoms with van der Waals surface area (Å²) in [6.07, 6.45) is 0. The lowest BCUT2D eigenvalue weighted by molar-refractivity contribution is 0.0639. The molecule has 132 valence electrons. The first-order valence-corrected chi connectivity index (χ1v) is 9.62. The second-order valence-corrected chi connectivity index (χ2v) is 7.40. The van der Waals surface area contributed by atoms with Crippen LogP contribution in [0.15, 0.2) is 60.7 Å². The van der Waals surface area contributed by atoms with Gasteiger partial charge in [0.05, 0.1) is 11.1 Å². The second kappa shape index (κ2) is 7.74. The number of carbonyl (C=O) groups excluding carboxylic acids is 2. The monoisotopic (exact) mass is 386 g/mol. The zero-order chi connectivity index (χ0) is 18.5. The van der Waals surface area contributed by atoms with E-state index in [4.69, 9.17) is 0 Å². The van der Waals surface area contributed by atoms with E-state index < -0.39 is 27.6 Å². The number of hydrogen-bond acceptors (Lipinski definition) is 7. The Bertz CT molecular complexity index is 780. The minimum Gasteiger partial charge on any atom is -0.366 e. The minimum absolute atomic E-state index is 0.0885. The van der Waals surface area contributed by atoms with E-state index in [9.17, 15) is 28.5 Å². The van der Waals surface area contributed by atoms with Crippen molar-refractivity contribution in [3.63, 3.8) is 0 Å². The molecule has 2 atom stereocenters. The molecule has 0 amide bonds. The first-order valence-electron chi connectivity index (χ1n) is 6.63. The first-order chi connectivity index (χ1) is 11.7. The number of phosphoric acid groups is 2. The van der Waals surface area contributed by atoms with Crippen molar-refractivity contribution in [1.82, 2.24) is 0 Å². The van der Waals surface area contributed by atoms with Crippen molar-refractivity contribution in [2.45, 2.75) is 0 Å². The van der Waals surface area contributed by atoms with Gasteiger partial charge in [-0.1, -0.05) is 36.4 Å². The molecule has 0 aliphatic rings. The molecule has 0 spiro atoms. The summed E-state index contributed by atoms with van der Waals surface area (Å²) in [4.78, 5) is 42.2. The van der Waals surface area contributed by atoms with Gasteiger partial charge in [-0.25, -0.2) is 18.7 Å². The maximum atomic E-state index is 11.7. The predicted octanol–water partition coefficient (Wildman–Crippen LogP) is 2.92. The van der Waals surface area contributed by atoms with Gasteiger partial charge in [-0.05, 0) is 24.3 Å². The van der Waals surface area contributed by atoms with Crippen LogP contribution in [0.25, 0.3) is 0 Å². The Labute approximate surface area is 142 Å². The Morgan fingerprint density at radius 3 is 1.32 bits per heavy atom. The van der Waals surface area contributed by atoms with Crippen molar-refractivity contribution in [3.8, 4) is 0 Å². The maximum absolute atomic E-state index is 11.7. The van der Waals surface area contributed by atoms with Gasteiger partial charge in [-0.15, -0.1) is 0 Å². The standard InChI is InChI=1S/C14H12O9P2/c15-13(11-7-3-1-4-8-11)21-24(17,18)23-25(19,20)22-14(16)12-9-5-2-6-10-12/h1-10H,(H,17,18)(H,19,20). The predicted molar refractivity (Wildman–Crippen MR) is 84.5 cm³/mol.